The number of carbonyl (C=O) groups is 7. The van der Waals surface area contributed by atoms with E-state index in [4.69, 9.17) is 55.9 Å². The van der Waals surface area contributed by atoms with Gasteiger partial charge in [0.05, 0.1) is 61.5 Å². The molecule has 8 aromatic heterocycles. The second-order valence-electron chi connectivity index (χ2n) is 22.9. The number of hydrogen-bond donors (Lipinski definition) is 8. The van der Waals surface area contributed by atoms with Crippen LogP contribution in [0, 0.1) is 0 Å². The second kappa shape index (κ2) is 40.3. The van der Waals surface area contributed by atoms with E-state index < -0.39 is 52.1 Å². The lowest BCUT2D eigenvalue weighted by molar-refractivity contribution is -0.115. The molecule has 0 unspecified atom stereocenters. The summed E-state index contributed by atoms with van der Waals surface area (Å²) in [6, 6.07) is 37.8. The molecule has 0 atom stereocenters. The molecule has 0 aliphatic rings. The van der Waals surface area contributed by atoms with Crippen molar-refractivity contribution in [1.29, 1.82) is 0 Å². The number of sulfone groups is 1. The number of carbonyl (C=O) groups excluding carboxylic acids is 7. The number of nitrogens with zero attached hydrogens (tertiary/aromatic N) is 16. The van der Waals surface area contributed by atoms with Crippen LogP contribution in [-0.4, -0.2) is 169 Å². The SMILES string of the molecule is CC(=O)Nc1ccc(C(=O)Nc2nc(NCC(F)(F)F)nc(-c3ccccn3)n2)c(Cl)c1.COc1nc(NC(=O)c2ccc(NC(C)=O)cc2Cl)nc(-c2ccccn2)n1.COc1nc(NC(=O)c2ccc(S(C)(=O)=O)cc2Cl)nc(-c2ccccn2)n1.CSc1nc(NC(=O)c2ccc(NC(C)=O)cc2Cl)nc(-c2ccccn2)n1. The Morgan fingerprint density at radius 3 is 1.00 bits per heavy atom. The van der Waals surface area contributed by atoms with Gasteiger partial charge in [-0.15, -0.1) is 0 Å². The average molecular weight is 1700 g/mol. The first-order chi connectivity index (χ1) is 55.3. The molecule has 0 fully saturated rings. The summed E-state index contributed by atoms with van der Waals surface area (Å²) in [7, 11) is -0.662. The van der Waals surface area contributed by atoms with Gasteiger partial charge in [-0.05, 0) is 128 Å². The number of halogens is 7. The van der Waals surface area contributed by atoms with Gasteiger partial charge in [0.15, 0.2) is 38.3 Å². The largest absolute Gasteiger partial charge is 0.467 e. The zero-order valence-electron chi connectivity index (χ0n) is 61.0. The molecule has 0 saturated carbocycles. The fraction of sp³-hybridized carbons (Fsp3) is 0.125. The van der Waals surface area contributed by atoms with Gasteiger partial charge in [-0.25, -0.2) is 13.4 Å². The molecule has 8 N–H and O–H groups in total. The van der Waals surface area contributed by atoms with Gasteiger partial charge in [-0.2, -0.15) is 68.0 Å². The van der Waals surface area contributed by atoms with Gasteiger partial charge in [0.2, 0.25) is 47.5 Å². The van der Waals surface area contributed by atoms with Gasteiger partial charge in [0, 0.05) is 68.9 Å². The summed E-state index contributed by atoms with van der Waals surface area (Å²) in [5, 5.41) is 20.7. The van der Waals surface area contributed by atoms with Gasteiger partial charge in [-0.1, -0.05) is 82.4 Å². The molecule has 0 aliphatic heterocycles. The lowest BCUT2D eigenvalue weighted by atomic mass is 10.2. The zero-order chi connectivity index (χ0) is 83.8. The Morgan fingerprint density at radius 1 is 0.397 bits per heavy atom. The maximum absolute atomic E-state index is 12.6. The lowest BCUT2D eigenvalue weighted by Crippen LogP contribution is -2.23. The molecule has 8 heterocycles. The Bertz CT molecular complexity index is 5580. The van der Waals surface area contributed by atoms with Crippen LogP contribution in [0.5, 0.6) is 12.0 Å². The number of amides is 7. The normalized spacial score (nSPS) is 10.7. The van der Waals surface area contributed by atoms with Gasteiger partial charge in [0.1, 0.15) is 29.3 Å². The summed E-state index contributed by atoms with van der Waals surface area (Å²) >= 11 is 25.8. The van der Waals surface area contributed by atoms with Crippen molar-refractivity contribution in [3.63, 3.8) is 0 Å². The topological polar surface area (TPSA) is 475 Å². The van der Waals surface area contributed by atoms with Crippen LogP contribution in [0.2, 0.25) is 20.1 Å². The van der Waals surface area contributed by atoms with Crippen LogP contribution >= 0.6 is 58.2 Å². The van der Waals surface area contributed by atoms with Crippen molar-refractivity contribution in [1.82, 2.24) is 79.7 Å². The van der Waals surface area contributed by atoms with E-state index in [0.29, 0.717) is 45.1 Å². The van der Waals surface area contributed by atoms with E-state index in [0.717, 1.165) is 6.26 Å². The van der Waals surface area contributed by atoms with Crippen LogP contribution in [0.25, 0.3) is 46.1 Å². The van der Waals surface area contributed by atoms with Crippen molar-refractivity contribution in [3.8, 4) is 58.1 Å². The first kappa shape index (κ1) is 86.4. The summed E-state index contributed by atoms with van der Waals surface area (Å²) in [5.41, 5.74) is 3.66. The highest BCUT2D eigenvalue weighted by Gasteiger charge is 2.28. The highest BCUT2D eigenvalue weighted by Crippen LogP contribution is 2.29. The van der Waals surface area contributed by atoms with Gasteiger partial charge in [-0.3, -0.25) is 74.8 Å². The zero-order valence-corrected chi connectivity index (χ0v) is 65.6. The molecule has 7 amide bonds. The molecule has 0 radical (unpaired) electrons. The molecule has 0 spiro atoms. The Balaban J connectivity index is 0.000000177. The van der Waals surface area contributed by atoms with Crippen molar-refractivity contribution in [2.24, 2.45) is 0 Å². The third kappa shape index (κ3) is 25.7. The lowest BCUT2D eigenvalue weighted by Gasteiger charge is -2.12. The van der Waals surface area contributed by atoms with E-state index >= 15 is 0 Å². The first-order valence-corrected chi connectivity index (χ1v) is 37.5. The van der Waals surface area contributed by atoms with Crippen LogP contribution < -0.4 is 52.0 Å². The molecule has 12 aromatic rings. The molecule has 12 rings (SSSR count). The molecular weight excluding hydrogens is 1640 g/mol. The minimum absolute atomic E-state index is 0.00770. The van der Waals surface area contributed by atoms with Crippen LogP contribution in [0.15, 0.2) is 180 Å². The monoisotopic (exact) mass is 1700 g/mol. The van der Waals surface area contributed by atoms with E-state index in [-0.39, 0.29) is 124 Å². The standard InChI is InChI=1S/C19H15ClF3N7O2.C18H15ClN6O3.C18H15ClN6O2S.C17H14ClN5O4S/c1-10(31)26-11-5-6-12(13(20)8-11)16(32)29-18-28-15(14-4-2-3-7-24-14)27-17(30-18)25-9-19(21,22)23;2*1-10(26)21-11-6-7-12(13(19)9-11)16(27)24-17-22-15(23-18(25-17)28-2)14-5-3-4-8-20-14;1-27-17-21-14(13-5-3-4-8-19-13)20-16(23-17)22-15(24)11-7-6-10(9-12(11)18)28(2,25)26/h2-8H,9H2,1H3,(H,26,31)(H2,25,27,28,29,30,32);2*3-9H,1-2H3,(H,21,26)(H,22,23,24,25,27);3-9H,1-2H3,(H,20,21,22,23,24). The number of rotatable bonds is 21. The fourth-order valence-electron chi connectivity index (χ4n) is 9.17. The minimum Gasteiger partial charge on any atom is -0.467 e. The minimum atomic E-state index is -4.51. The van der Waals surface area contributed by atoms with Crippen molar-refractivity contribution in [2.45, 2.75) is 37.0 Å². The number of benzene rings is 4. The number of nitrogens with one attached hydrogen (secondary N) is 8. The van der Waals surface area contributed by atoms with Crippen LogP contribution in [0.3, 0.4) is 0 Å². The smallest absolute Gasteiger partial charge is 0.405 e. The highest BCUT2D eigenvalue weighted by atomic mass is 35.5. The number of aromatic nitrogens is 16. The average Bonchev–Trinajstić information content (AvgIpc) is 0.856. The molecule has 44 heteroatoms. The molecule has 35 nitrogen and oxygen atoms in total. The Hall–Kier alpha value is -13.5. The van der Waals surface area contributed by atoms with Gasteiger partial charge < -0.3 is 30.7 Å². The van der Waals surface area contributed by atoms with Crippen LogP contribution in [0.4, 0.5) is 60.0 Å². The Labute approximate surface area is 680 Å². The van der Waals surface area contributed by atoms with Crippen molar-refractivity contribution in [2.75, 3.05) is 75.8 Å². The summed E-state index contributed by atoms with van der Waals surface area (Å²) in [6.07, 6.45) is 4.62. The molecule has 116 heavy (non-hydrogen) atoms. The number of methoxy groups -OCH3 is 2. The van der Waals surface area contributed by atoms with E-state index in [9.17, 15) is 55.2 Å². The summed E-state index contributed by atoms with van der Waals surface area (Å²) in [5.74, 6) is -3.09. The molecular formula is C72H59Cl4F3N24O11S2. The highest BCUT2D eigenvalue weighted by molar-refractivity contribution is 7.98. The first-order valence-electron chi connectivity index (χ1n) is 32.9. The maximum Gasteiger partial charge on any atom is 0.405 e. The van der Waals surface area contributed by atoms with Crippen LogP contribution in [-0.2, 0) is 24.2 Å². The Kier molecular flexibility index (Phi) is 30.0. The number of anilines is 8. The number of thioether (sulfide) groups is 1. The van der Waals surface area contributed by atoms with E-state index in [2.05, 4.69) is 122 Å². The molecule has 594 valence electrons. The molecule has 0 bridgehead atoms. The molecule has 4 aromatic carbocycles. The maximum atomic E-state index is 12.6. The third-order valence-corrected chi connectivity index (χ3v) is 17.1. The van der Waals surface area contributed by atoms with Crippen molar-refractivity contribution in [3.05, 3.63) is 213 Å². The predicted octanol–water partition coefficient (Wildman–Crippen LogP) is 12.3. The quantitative estimate of drug-likeness (QED) is 0.0310. The number of alkyl halides is 3. The summed E-state index contributed by atoms with van der Waals surface area (Å²) in [4.78, 5) is 150. The molecule has 0 aliphatic carbocycles. The van der Waals surface area contributed by atoms with Gasteiger partial charge >= 0.3 is 18.2 Å². The summed E-state index contributed by atoms with van der Waals surface area (Å²) < 4.78 is 71.1. The van der Waals surface area contributed by atoms with E-state index in [1.807, 2.05) is 12.3 Å². The van der Waals surface area contributed by atoms with E-state index in [1.165, 1.54) is 114 Å². The Morgan fingerprint density at radius 2 is 0.707 bits per heavy atom. The van der Waals surface area contributed by atoms with Gasteiger partial charge in [0.25, 0.3) is 23.6 Å². The number of pyridine rings is 4. The number of hydrogen-bond acceptors (Lipinski definition) is 29. The summed E-state index contributed by atoms with van der Waals surface area (Å²) in [6.45, 7) is 2.70. The van der Waals surface area contributed by atoms with E-state index in [1.54, 1.807) is 97.5 Å². The number of ether oxygens (including phenoxy) is 2. The van der Waals surface area contributed by atoms with Crippen LogP contribution in [0.1, 0.15) is 62.2 Å². The second-order valence-corrected chi connectivity index (χ2v) is 27.3. The molecule has 0 saturated heterocycles. The fourth-order valence-corrected chi connectivity index (χ4v) is 11.3. The van der Waals surface area contributed by atoms with Crippen molar-refractivity contribution >= 4 is 156 Å². The predicted molar refractivity (Wildman–Crippen MR) is 425 cm³/mol. The third-order valence-electron chi connectivity index (χ3n) is 14.2. The van der Waals surface area contributed by atoms with Crippen molar-refractivity contribution < 1.29 is 64.6 Å².